The maximum atomic E-state index is 13.6. The number of nitrogens with zero attached hydrogens (tertiary/aromatic N) is 2. The van der Waals surface area contributed by atoms with Gasteiger partial charge in [-0.1, -0.05) is 6.07 Å². The number of alkyl halides is 3. The van der Waals surface area contributed by atoms with Gasteiger partial charge in [-0.2, -0.15) is 13.2 Å². The number of urea groups is 1. The maximum absolute atomic E-state index is 13.6. The van der Waals surface area contributed by atoms with Crippen LogP contribution in [0, 0.1) is 6.92 Å². The number of hydrogen-bond acceptors (Lipinski definition) is 6. The minimum absolute atomic E-state index is 0.107. The molecule has 0 aliphatic heterocycles. The van der Waals surface area contributed by atoms with Crippen LogP contribution in [0.2, 0.25) is 0 Å². The summed E-state index contributed by atoms with van der Waals surface area (Å²) < 4.78 is 54.6. The van der Waals surface area contributed by atoms with Crippen LogP contribution < -0.4 is 14.8 Å². The zero-order valence-corrected chi connectivity index (χ0v) is 24.2. The fourth-order valence-corrected chi connectivity index (χ4v) is 4.91. The lowest BCUT2D eigenvalue weighted by Gasteiger charge is -2.28. The summed E-state index contributed by atoms with van der Waals surface area (Å²) in [6.07, 6.45) is -3.95. The highest BCUT2D eigenvalue weighted by atomic mass is 32.1. The van der Waals surface area contributed by atoms with Gasteiger partial charge in [-0.25, -0.2) is 4.79 Å². The van der Waals surface area contributed by atoms with Gasteiger partial charge >= 0.3 is 12.2 Å². The summed E-state index contributed by atoms with van der Waals surface area (Å²) >= 11 is 1.55. The molecular weight excluding hydrogens is 559 g/mol. The predicted octanol–water partition coefficient (Wildman–Crippen LogP) is 5.84. The van der Waals surface area contributed by atoms with Crippen LogP contribution in [-0.2, 0) is 28.7 Å². The van der Waals surface area contributed by atoms with E-state index in [0.717, 1.165) is 28.1 Å². The van der Waals surface area contributed by atoms with E-state index in [4.69, 9.17) is 14.2 Å². The average molecular weight is 594 g/mol. The first-order valence-electron chi connectivity index (χ1n) is 12.8. The number of thiophene rings is 1. The molecule has 12 heteroatoms. The lowest BCUT2D eigenvalue weighted by atomic mass is 10.1. The van der Waals surface area contributed by atoms with Gasteiger partial charge in [0.25, 0.3) is 0 Å². The number of benzene rings is 2. The molecule has 0 radical (unpaired) electrons. The summed E-state index contributed by atoms with van der Waals surface area (Å²) in [6, 6.07) is 11.1. The summed E-state index contributed by atoms with van der Waals surface area (Å²) in [6.45, 7) is 2.76. The van der Waals surface area contributed by atoms with Crippen LogP contribution >= 0.6 is 11.3 Å². The van der Waals surface area contributed by atoms with E-state index >= 15 is 0 Å². The van der Waals surface area contributed by atoms with E-state index in [1.807, 2.05) is 36.6 Å². The maximum Gasteiger partial charge on any atom is 0.416 e. The Hall–Kier alpha value is -3.77. The van der Waals surface area contributed by atoms with Crippen molar-refractivity contribution in [2.45, 2.75) is 26.1 Å². The fourth-order valence-electron chi connectivity index (χ4n) is 3.99. The molecule has 1 aromatic heterocycles. The van der Waals surface area contributed by atoms with Crippen LogP contribution in [0.3, 0.4) is 0 Å². The highest BCUT2D eigenvalue weighted by molar-refractivity contribution is 7.10. The second-order valence-electron chi connectivity index (χ2n) is 9.20. The Balaban J connectivity index is 1.76. The standard InChI is InChI=1S/C29H34F3N3O5S/c1-20-12-16-41-26(20)18-34(13-11-21-5-10-24(39-3)25(17-21)40-4)27(36)19-35(14-15-38-2)28(37)33-23-8-6-22(7-9-23)29(30,31)32/h5-10,12,16-17H,11,13-15,18-19H2,1-4H3,(H,33,37). The number of carbonyl (C=O) groups is 2. The Bertz CT molecular complexity index is 1300. The molecule has 0 saturated carbocycles. The van der Waals surface area contributed by atoms with Crippen molar-refractivity contribution >= 4 is 29.0 Å². The number of carbonyl (C=O) groups excluding carboxylic acids is 2. The molecule has 3 amide bonds. The van der Waals surface area contributed by atoms with Gasteiger partial charge in [0.15, 0.2) is 11.5 Å². The Kier molecular flexibility index (Phi) is 11.4. The zero-order valence-electron chi connectivity index (χ0n) is 23.4. The lowest BCUT2D eigenvalue weighted by molar-refractivity contribution is -0.137. The molecule has 1 N–H and O–H groups in total. The third-order valence-corrected chi connectivity index (χ3v) is 7.42. The normalized spacial score (nSPS) is 11.2. The summed E-state index contributed by atoms with van der Waals surface area (Å²) in [4.78, 5) is 30.7. The Labute approximate surface area is 241 Å². The van der Waals surface area contributed by atoms with Gasteiger partial charge in [0, 0.05) is 30.8 Å². The molecule has 0 bridgehead atoms. The second kappa shape index (κ2) is 14.7. The number of hydrogen-bond donors (Lipinski definition) is 1. The van der Waals surface area contributed by atoms with Crippen molar-refractivity contribution in [3.63, 3.8) is 0 Å². The molecule has 41 heavy (non-hydrogen) atoms. The van der Waals surface area contributed by atoms with E-state index in [2.05, 4.69) is 5.32 Å². The van der Waals surface area contributed by atoms with Crippen LogP contribution in [0.5, 0.6) is 11.5 Å². The van der Waals surface area contributed by atoms with Crippen LogP contribution in [0.15, 0.2) is 53.9 Å². The monoisotopic (exact) mass is 593 g/mol. The van der Waals surface area contributed by atoms with Gasteiger partial charge in [0.05, 0.1) is 32.9 Å². The summed E-state index contributed by atoms with van der Waals surface area (Å²) in [5.74, 6) is 0.908. The number of aryl methyl sites for hydroxylation is 1. The number of anilines is 1. The smallest absolute Gasteiger partial charge is 0.416 e. The second-order valence-corrected chi connectivity index (χ2v) is 10.2. The zero-order chi connectivity index (χ0) is 30.0. The SMILES string of the molecule is COCCN(CC(=O)N(CCc1ccc(OC)c(OC)c1)Cc1sccc1C)C(=O)Nc1ccc(C(F)(F)F)cc1. The van der Waals surface area contributed by atoms with Crippen molar-refractivity contribution in [1.29, 1.82) is 0 Å². The van der Waals surface area contributed by atoms with Crippen molar-refractivity contribution in [3.05, 3.63) is 75.5 Å². The summed E-state index contributed by atoms with van der Waals surface area (Å²) in [7, 11) is 4.59. The van der Waals surface area contributed by atoms with E-state index in [-0.39, 0.29) is 31.3 Å². The molecule has 0 saturated heterocycles. The van der Waals surface area contributed by atoms with E-state index in [1.165, 1.54) is 24.1 Å². The molecule has 0 unspecified atom stereocenters. The number of methoxy groups -OCH3 is 3. The van der Waals surface area contributed by atoms with Crippen molar-refractivity contribution in [2.24, 2.45) is 0 Å². The summed E-state index contributed by atoms with van der Waals surface area (Å²) in [5.41, 5.74) is 1.36. The first kappa shape index (κ1) is 31.8. The number of ether oxygens (including phenoxy) is 3. The fraction of sp³-hybridized carbons (Fsp3) is 0.379. The van der Waals surface area contributed by atoms with Crippen molar-refractivity contribution in [3.8, 4) is 11.5 Å². The molecule has 0 fully saturated rings. The molecule has 222 valence electrons. The minimum atomic E-state index is -4.49. The van der Waals surface area contributed by atoms with Crippen LogP contribution in [0.1, 0.15) is 21.6 Å². The van der Waals surface area contributed by atoms with E-state index in [1.54, 1.807) is 30.5 Å². The molecule has 3 rings (SSSR count). The highest BCUT2D eigenvalue weighted by Crippen LogP contribution is 2.30. The Morgan fingerprint density at radius 1 is 0.927 bits per heavy atom. The predicted molar refractivity (Wildman–Crippen MR) is 152 cm³/mol. The quantitative estimate of drug-likeness (QED) is 0.269. The van der Waals surface area contributed by atoms with Crippen LogP contribution in [0.25, 0.3) is 0 Å². The van der Waals surface area contributed by atoms with E-state index in [0.29, 0.717) is 31.0 Å². The number of halogens is 3. The summed E-state index contributed by atoms with van der Waals surface area (Å²) in [5, 5.41) is 4.54. The average Bonchev–Trinajstić information content (AvgIpc) is 3.36. The van der Waals surface area contributed by atoms with Crippen molar-refractivity contribution in [1.82, 2.24) is 9.80 Å². The third-order valence-electron chi connectivity index (χ3n) is 6.42. The molecule has 8 nitrogen and oxygen atoms in total. The molecule has 3 aromatic rings. The largest absolute Gasteiger partial charge is 0.493 e. The molecular formula is C29H34F3N3O5S. The number of rotatable bonds is 13. The van der Waals surface area contributed by atoms with Crippen molar-refractivity contribution in [2.75, 3.05) is 52.9 Å². The van der Waals surface area contributed by atoms with E-state index in [9.17, 15) is 22.8 Å². The van der Waals surface area contributed by atoms with Gasteiger partial charge in [0.1, 0.15) is 6.54 Å². The molecule has 0 spiro atoms. The first-order chi connectivity index (χ1) is 19.5. The molecule has 2 aromatic carbocycles. The van der Waals surface area contributed by atoms with Gasteiger partial charge in [-0.3, -0.25) is 4.79 Å². The third kappa shape index (κ3) is 9.12. The van der Waals surface area contributed by atoms with Gasteiger partial charge in [0.2, 0.25) is 5.91 Å². The lowest BCUT2D eigenvalue weighted by Crippen LogP contribution is -2.46. The molecule has 0 aliphatic carbocycles. The topological polar surface area (TPSA) is 80.3 Å². The number of amides is 3. The van der Waals surface area contributed by atoms with Crippen molar-refractivity contribution < 1.29 is 37.0 Å². The van der Waals surface area contributed by atoms with Crippen LogP contribution in [-0.4, -0.2) is 69.3 Å². The Morgan fingerprint density at radius 2 is 1.63 bits per heavy atom. The van der Waals surface area contributed by atoms with Gasteiger partial charge in [-0.15, -0.1) is 11.3 Å². The van der Waals surface area contributed by atoms with E-state index < -0.39 is 17.8 Å². The Morgan fingerprint density at radius 3 is 2.22 bits per heavy atom. The number of nitrogens with one attached hydrogen (secondary N) is 1. The highest BCUT2D eigenvalue weighted by Gasteiger charge is 2.30. The van der Waals surface area contributed by atoms with Crippen LogP contribution in [0.4, 0.5) is 23.7 Å². The van der Waals surface area contributed by atoms with Gasteiger partial charge in [-0.05, 0) is 72.3 Å². The molecule has 1 heterocycles. The minimum Gasteiger partial charge on any atom is -0.493 e. The van der Waals surface area contributed by atoms with Gasteiger partial charge < -0.3 is 29.3 Å². The first-order valence-corrected chi connectivity index (χ1v) is 13.7. The molecule has 0 aliphatic rings. The molecule has 0 atom stereocenters.